The van der Waals surface area contributed by atoms with Gasteiger partial charge in [-0.25, -0.2) is 0 Å². The molecule has 0 spiro atoms. The molecule has 0 bridgehead atoms. The van der Waals surface area contributed by atoms with E-state index in [9.17, 15) is 19.2 Å². The number of imide groups is 1. The Bertz CT molecular complexity index is 731. The summed E-state index contributed by atoms with van der Waals surface area (Å²) in [5.74, 6) is -1.87. The predicted octanol–water partition coefficient (Wildman–Crippen LogP) is 0.200. The fourth-order valence-electron chi connectivity index (χ4n) is 2.80. The summed E-state index contributed by atoms with van der Waals surface area (Å²) in [6, 6.07) is 2.13. The molecule has 0 aliphatic carbocycles. The lowest BCUT2D eigenvalue weighted by Gasteiger charge is -2.29. The maximum absolute atomic E-state index is 12.5. The Kier molecular flexibility index (Phi) is 3.37. The summed E-state index contributed by atoms with van der Waals surface area (Å²) in [6.45, 7) is 0.154. The molecule has 1 aromatic carbocycles. The minimum Gasteiger partial charge on any atom is -0.366 e. The number of nitrogens with one attached hydrogen (secondary N) is 1. The molecule has 8 heteroatoms. The minimum atomic E-state index is -0.717. The Morgan fingerprint density at radius 1 is 1.32 bits per heavy atom. The molecule has 22 heavy (non-hydrogen) atoms. The Morgan fingerprint density at radius 3 is 2.68 bits per heavy atom. The minimum absolute atomic E-state index is 0.131. The first-order chi connectivity index (χ1) is 10.4. The predicted molar refractivity (Wildman–Crippen MR) is 76.0 cm³/mol. The molecule has 1 atom stereocenters. The van der Waals surface area contributed by atoms with Crippen LogP contribution >= 0.6 is 11.6 Å². The Balaban J connectivity index is 1.94. The average molecular weight is 322 g/mol. The van der Waals surface area contributed by atoms with E-state index < -0.39 is 17.9 Å². The zero-order valence-corrected chi connectivity index (χ0v) is 12.1. The van der Waals surface area contributed by atoms with Gasteiger partial charge < -0.3 is 10.6 Å². The molecule has 1 unspecified atom stereocenters. The molecular formula is C14H12ClN3O4. The normalized spacial score (nSPS) is 20.9. The van der Waals surface area contributed by atoms with Crippen LogP contribution in [0, 0.1) is 0 Å². The smallest absolute Gasteiger partial charge is 0.256 e. The molecular weight excluding hydrogens is 310 g/mol. The van der Waals surface area contributed by atoms with E-state index in [1.54, 1.807) is 0 Å². The number of hydrogen-bond acceptors (Lipinski definition) is 4. The van der Waals surface area contributed by atoms with Crippen molar-refractivity contribution in [1.29, 1.82) is 0 Å². The first-order valence-electron chi connectivity index (χ1n) is 6.65. The van der Waals surface area contributed by atoms with E-state index >= 15 is 0 Å². The Labute approximate surface area is 130 Å². The molecule has 7 nitrogen and oxygen atoms in total. The van der Waals surface area contributed by atoms with Crippen LogP contribution in [0.15, 0.2) is 12.1 Å². The number of nitrogens with two attached hydrogens (primary N) is 1. The van der Waals surface area contributed by atoms with Crippen LogP contribution in [0.2, 0.25) is 5.02 Å². The number of benzene rings is 1. The highest BCUT2D eigenvalue weighted by Crippen LogP contribution is 2.33. The van der Waals surface area contributed by atoms with Crippen molar-refractivity contribution in [2.75, 3.05) is 0 Å². The van der Waals surface area contributed by atoms with Crippen molar-refractivity contribution in [3.8, 4) is 0 Å². The zero-order valence-electron chi connectivity index (χ0n) is 11.4. The summed E-state index contributed by atoms with van der Waals surface area (Å²) >= 11 is 6.07. The number of fused-ring (bicyclic) bond motifs is 1. The van der Waals surface area contributed by atoms with Crippen molar-refractivity contribution in [3.63, 3.8) is 0 Å². The van der Waals surface area contributed by atoms with Gasteiger partial charge in [-0.2, -0.15) is 0 Å². The van der Waals surface area contributed by atoms with Gasteiger partial charge in [0.2, 0.25) is 17.7 Å². The largest absolute Gasteiger partial charge is 0.366 e. The van der Waals surface area contributed by atoms with Crippen molar-refractivity contribution in [1.82, 2.24) is 10.2 Å². The van der Waals surface area contributed by atoms with E-state index in [1.807, 2.05) is 0 Å². The molecule has 4 amide bonds. The molecule has 2 heterocycles. The summed E-state index contributed by atoms with van der Waals surface area (Å²) in [6.07, 6.45) is 0.446. The lowest BCUT2D eigenvalue weighted by atomic mass is 10.0. The number of primary amides is 1. The Hall–Kier alpha value is -2.41. The average Bonchev–Trinajstić information content (AvgIpc) is 2.76. The van der Waals surface area contributed by atoms with Crippen molar-refractivity contribution in [3.05, 3.63) is 33.8 Å². The molecule has 114 valence electrons. The number of nitrogens with zero attached hydrogens (tertiary/aromatic N) is 1. The van der Waals surface area contributed by atoms with E-state index in [0.717, 1.165) is 0 Å². The van der Waals surface area contributed by atoms with Gasteiger partial charge in [-0.1, -0.05) is 11.6 Å². The maximum Gasteiger partial charge on any atom is 0.256 e. The molecule has 0 saturated carbocycles. The number of amides is 4. The number of hydrogen-bond donors (Lipinski definition) is 2. The molecule has 0 radical (unpaired) electrons. The maximum atomic E-state index is 12.5. The van der Waals surface area contributed by atoms with Crippen molar-refractivity contribution in [2.24, 2.45) is 5.73 Å². The van der Waals surface area contributed by atoms with Gasteiger partial charge in [0.05, 0.1) is 10.6 Å². The topological polar surface area (TPSA) is 110 Å². The van der Waals surface area contributed by atoms with Gasteiger partial charge in [0.25, 0.3) is 5.91 Å². The number of halogens is 1. The summed E-state index contributed by atoms with van der Waals surface area (Å²) in [5.41, 5.74) is 6.26. The Morgan fingerprint density at radius 2 is 2.05 bits per heavy atom. The SMILES string of the molecule is NC(=O)c1cc(Cl)c2c(c1)CN(C1CCC(=O)NC1=O)C2=O. The van der Waals surface area contributed by atoms with E-state index in [0.29, 0.717) is 5.56 Å². The first kappa shape index (κ1) is 14.5. The van der Waals surface area contributed by atoms with E-state index in [2.05, 4.69) is 5.32 Å². The van der Waals surface area contributed by atoms with Gasteiger partial charge in [-0.05, 0) is 24.1 Å². The van der Waals surface area contributed by atoms with Crippen LogP contribution in [-0.2, 0) is 16.1 Å². The molecule has 3 rings (SSSR count). The van der Waals surface area contributed by atoms with E-state index in [1.165, 1.54) is 17.0 Å². The lowest BCUT2D eigenvalue weighted by Crippen LogP contribution is -2.52. The molecule has 1 fully saturated rings. The van der Waals surface area contributed by atoms with Crippen LogP contribution in [0.3, 0.4) is 0 Å². The summed E-state index contributed by atoms with van der Waals surface area (Å²) in [7, 11) is 0. The zero-order chi connectivity index (χ0) is 16.0. The van der Waals surface area contributed by atoms with Gasteiger partial charge in [0.1, 0.15) is 6.04 Å². The van der Waals surface area contributed by atoms with Crippen molar-refractivity contribution < 1.29 is 19.2 Å². The van der Waals surface area contributed by atoms with Gasteiger partial charge >= 0.3 is 0 Å². The van der Waals surface area contributed by atoms with Gasteiger partial charge in [-0.3, -0.25) is 24.5 Å². The van der Waals surface area contributed by atoms with Crippen LogP contribution < -0.4 is 11.1 Å². The number of piperidine rings is 1. The standard InChI is InChI=1S/C14H12ClN3O4/c15-8-4-6(12(16)20)3-7-5-18(14(22)11(7)8)9-1-2-10(19)17-13(9)21/h3-4,9H,1-2,5H2,(H2,16,20)(H,17,19,21). The summed E-state index contributed by atoms with van der Waals surface area (Å²) < 4.78 is 0. The third-order valence-electron chi connectivity index (χ3n) is 3.86. The highest BCUT2D eigenvalue weighted by Gasteiger charge is 2.40. The van der Waals surface area contributed by atoms with Crippen LogP contribution in [0.5, 0.6) is 0 Å². The van der Waals surface area contributed by atoms with Gasteiger partial charge in [0, 0.05) is 18.5 Å². The highest BCUT2D eigenvalue weighted by molar-refractivity contribution is 6.34. The van der Waals surface area contributed by atoms with Crippen molar-refractivity contribution in [2.45, 2.75) is 25.4 Å². The first-order valence-corrected chi connectivity index (χ1v) is 7.03. The van der Waals surface area contributed by atoms with E-state index in [-0.39, 0.29) is 47.4 Å². The second-order valence-electron chi connectivity index (χ2n) is 5.26. The van der Waals surface area contributed by atoms with E-state index in [4.69, 9.17) is 17.3 Å². The molecule has 1 aromatic rings. The van der Waals surface area contributed by atoms with Crippen LogP contribution in [0.25, 0.3) is 0 Å². The monoisotopic (exact) mass is 321 g/mol. The summed E-state index contributed by atoms with van der Waals surface area (Å²) in [4.78, 5) is 48.2. The van der Waals surface area contributed by atoms with Crippen LogP contribution in [-0.4, -0.2) is 34.6 Å². The molecule has 3 N–H and O–H groups in total. The third kappa shape index (κ3) is 2.23. The quantitative estimate of drug-likeness (QED) is 0.758. The molecule has 2 aliphatic heterocycles. The second kappa shape index (κ2) is 5.10. The third-order valence-corrected chi connectivity index (χ3v) is 4.16. The number of rotatable bonds is 2. The highest BCUT2D eigenvalue weighted by atomic mass is 35.5. The van der Waals surface area contributed by atoms with Gasteiger partial charge in [0.15, 0.2) is 0 Å². The summed E-state index contributed by atoms with van der Waals surface area (Å²) in [5, 5.41) is 2.35. The van der Waals surface area contributed by atoms with Gasteiger partial charge in [-0.15, -0.1) is 0 Å². The number of carbonyl (C=O) groups excluding carboxylic acids is 4. The molecule has 0 aromatic heterocycles. The second-order valence-corrected chi connectivity index (χ2v) is 5.66. The van der Waals surface area contributed by atoms with Crippen molar-refractivity contribution >= 4 is 35.2 Å². The fraction of sp³-hybridized carbons (Fsp3) is 0.286. The molecule has 2 aliphatic rings. The molecule has 1 saturated heterocycles. The number of carbonyl (C=O) groups is 4. The fourth-order valence-corrected chi connectivity index (χ4v) is 3.12. The van der Waals surface area contributed by atoms with Crippen LogP contribution in [0.1, 0.15) is 39.1 Å². The van der Waals surface area contributed by atoms with Crippen LogP contribution in [0.4, 0.5) is 0 Å². The lowest BCUT2D eigenvalue weighted by molar-refractivity contribution is -0.136.